The van der Waals surface area contributed by atoms with Crippen molar-refractivity contribution in [1.82, 2.24) is 4.98 Å². The number of carbonyl (C=O) groups is 1. The second kappa shape index (κ2) is 9.70. The van der Waals surface area contributed by atoms with Gasteiger partial charge in [0.1, 0.15) is 16.6 Å². The number of hydrogen-bond acceptors (Lipinski definition) is 7. The number of aryl methyl sites for hydroxylation is 1. The first kappa shape index (κ1) is 22.9. The van der Waals surface area contributed by atoms with Gasteiger partial charge in [0.05, 0.1) is 25.8 Å². The summed E-state index contributed by atoms with van der Waals surface area (Å²) in [6.07, 6.45) is 1.26. The van der Waals surface area contributed by atoms with E-state index in [0.717, 1.165) is 26.9 Å². The molecule has 10 heteroatoms. The van der Waals surface area contributed by atoms with Crippen molar-refractivity contribution in [3.63, 3.8) is 0 Å². The van der Waals surface area contributed by atoms with Gasteiger partial charge in [-0.2, -0.15) is 5.26 Å². The van der Waals surface area contributed by atoms with Gasteiger partial charge in [0, 0.05) is 29.6 Å². The topological polar surface area (TPSA) is 121 Å². The zero-order chi connectivity index (χ0) is 24.2. The maximum Gasteiger partial charge on any atom is 0.271 e. The number of fused-ring (bicyclic) bond motifs is 1. The van der Waals surface area contributed by atoms with Crippen LogP contribution in [0.15, 0.2) is 72.4 Å². The Balaban J connectivity index is 1.47. The standard InChI is InChI=1S/C24H16ClN5O3S/c1-14-2-9-20-22(10-14)34-24(29-20)15-3-5-17(6-4-15)27-13-16(12-26)23(31)28-21-11-18(30(32)33)7-8-19(21)25/h2-11,13,27H,1H3,(H,28,31)/b16-13-. The van der Waals surface area contributed by atoms with Crippen molar-refractivity contribution in [1.29, 1.82) is 5.26 Å². The maximum atomic E-state index is 12.5. The molecule has 0 aliphatic carbocycles. The molecule has 4 rings (SSSR count). The molecule has 3 aromatic carbocycles. The molecule has 8 nitrogen and oxygen atoms in total. The van der Waals surface area contributed by atoms with Crippen LogP contribution in [0.25, 0.3) is 20.8 Å². The zero-order valence-corrected chi connectivity index (χ0v) is 19.3. The summed E-state index contributed by atoms with van der Waals surface area (Å²) in [6.45, 7) is 2.04. The minimum atomic E-state index is -0.751. The summed E-state index contributed by atoms with van der Waals surface area (Å²) in [5.41, 5.74) is 3.32. The Kier molecular flexibility index (Phi) is 6.54. The molecule has 0 atom stereocenters. The molecular weight excluding hydrogens is 474 g/mol. The van der Waals surface area contributed by atoms with Crippen molar-refractivity contribution in [2.24, 2.45) is 0 Å². The van der Waals surface area contributed by atoms with E-state index in [1.807, 2.05) is 49.4 Å². The number of nitro groups is 1. The Morgan fingerprint density at radius 1 is 1.18 bits per heavy atom. The molecule has 0 unspecified atom stereocenters. The second-order valence-corrected chi connectivity index (χ2v) is 8.69. The number of thiazole rings is 1. The molecule has 0 fully saturated rings. The summed E-state index contributed by atoms with van der Waals surface area (Å²) in [5, 5.41) is 26.7. The average molecular weight is 490 g/mol. The van der Waals surface area contributed by atoms with Crippen LogP contribution in [0.2, 0.25) is 5.02 Å². The van der Waals surface area contributed by atoms with Crippen LogP contribution in [0.1, 0.15) is 5.56 Å². The number of benzene rings is 3. The maximum absolute atomic E-state index is 12.5. The number of nitriles is 1. The summed E-state index contributed by atoms with van der Waals surface area (Å²) < 4.78 is 1.12. The molecule has 168 valence electrons. The first-order valence-electron chi connectivity index (χ1n) is 9.94. The first-order chi connectivity index (χ1) is 16.3. The SMILES string of the molecule is Cc1ccc2nc(-c3ccc(N/C=C(/C#N)C(=O)Nc4cc([N+](=O)[O-])ccc4Cl)cc3)sc2c1. The molecule has 1 amide bonds. The fourth-order valence-electron chi connectivity index (χ4n) is 3.08. The molecule has 34 heavy (non-hydrogen) atoms. The molecule has 0 saturated heterocycles. The van der Waals surface area contributed by atoms with Gasteiger partial charge in [0.2, 0.25) is 0 Å². The van der Waals surface area contributed by atoms with E-state index in [2.05, 4.69) is 21.7 Å². The van der Waals surface area contributed by atoms with Gasteiger partial charge in [-0.05, 0) is 55.0 Å². The van der Waals surface area contributed by atoms with Gasteiger partial charge in [-0.25, -0.2) is 4.98 Å². The largest absolute Gasteiger partial charge is 0.360 e. The van der Waals surface area contributed by atoms with E-state index >= 15 is 0 Å². The Labute approximate surface area is 203 Å². The van der Waals surface area contributed by atoms with Crippen LogP contribution < -0.4 is 10.6 Å². The molecule has 0 spiro atoms. The molecule has 1 heterocycles. The predicted octanol–water partition coefficient (Wildman–Crippen LogP) is 6.29. The summed E-state index contributed by atoms with van der Waals surface area (Å²) in [7, 11) is 0. The summed E-state index contributed by atoms with van der Waals surface area (Å²) >= 11 is 7.61. The quantitative estimate of drug-likeness (QED) is 0.142. The summed E-state index contributed by atoms with van der Waals surface area (Å²) in [5.74, 6) is -0.751. The van der Waals surface area contributed by atoms with Crippen molar-refractivity contribution >= 4 is 56.1 Å². The van der Waals surface area contributed by atoms with Gasteiger partial charge < -0.3 is 10.6 Å². The van der Waals surface area contributed by atoms with Crippen molar-refractivity contribution in [2.45, 2.75) is 6.92 Å². The van der Waals surface area contributed by atoms with E-state index < -0.39 is 10.8 Å². The van der Waals surface area contributed by atoms with Gasteiger partial charge in [-0.3, -0.25) is 14.9 Å². The predicted molar refractivity (Wildman–Crippen MR) is 134 cm³/mol. The summed E-state index contributed by atoms with van der Waals surface area (Å²) in [4.78, 5) is 27.5. The van der Waals surface area contributed by atoms with Crippen LogP contribution in [0.5, 0.6) is 0 Å². The molecule has 1 aromatic heterocycles. The van der Waals surface area contributed by atoms with Crippen LogP contribution in [-0.4, -0.2) is 15.8 Å². The number of non-ortho nitro benzene ring substituents is 1. The number of hydrogen-bond donors (Lipinski definition) is 2. The minimum Gasteiger partial charge on any atom is -0.360 e. The monoisotopic (exact) mass is 489 g/mol. The van der Waals surface area contributed by atoms with Crippen LogP contribution in [-0.2, 0) is 4.79 Å². The fraction of sp³-hybridized carbons (Fsp3) is 0.0417. The number of amides is 1. The summed E-state index contributed by atoms with van der Waals surface area (Å²) in [6, 6.07) is 19.0. The van der Waals surface area contributed by atoms with Crippen LogP contribution in [0.3, 0.4) is 0 Å². The van der Waals surface area contributed by atoms with Crippen LogP contribution in [0, 0.1) is 28.4 Å². The lowest BCUT2D eigenvalue weighted by Crippen LogP contribution is -2.15. The van der Waals surface area contributed by atoms with Crippen molar-refractivity contribution in [2.75, 3.05) is 10.6 Å². The molecular formula is C24H16ClN5O3S. The Hall–Kier alpha value is -4.26. The number of anilines is 2. The lowest BCUT2D eigenvalue weighted by atomic mass is 10.2. The highest BCUT2D eigenvalue weighted by Crippen LogP contribution is 2.31. The molecule has 0 radical (unpaired) electrons. The van der Waals surface area contributed by atoms with E-state index in [9.17, 15) is 20.2 Å². The molecule has 0 aliphatic rings. The van der Waals surface area contributed by atoms with Gasteiger partial charge in [0.25, 0.3) is 11.6 Å². The third-order valence-corrected chi connectivity index (χ3v) is 6.23. The van der Waals surface area contributed by atoms with Gasteiger partial charge in [-0.15, -0.1) is 11.3 Å². The Bertz CT molecular complexity index is 1490. The third kappa shape index (κ3) is 5.04. The lowest BCUT2D eigenvalue weighted by molar-refractivity contribution is -0.384. The second-order valence-electron chi connectivity index (χ2n) is 7.26. The molecule has 0 bridgehead atoms. The van der Waals surface area contributed by atoms with Gasteiger partial charge in [0.15, 0.2) is 0 Å². The fourth-order valence-corrected chi connectivity index (χ4v) is 4.31. The van der Waals surface area contributed by atoms with Crippen LogP contribution >= 0.6 is 22.9 Å². The number of aromatic nitrogens is 1. The average Bonchev–Trinajstić information content (AvgIpc) is 3.24. The van der Waals surface area contributed by atoms with Crippen LogP contribution in [0.4, 0.5) is 17.1 Å². The number of nitrogens with one attached hydrogen (secondary N) is 2. The normalized spacial score (nSPS) is 11.1. The van der Waals surface area contributed by atoms with Crippen molar-refractivity contribution in [3.8, 4) is 16.6 Å². The lowest BCUT2D eigenvalue weighted by Gasteiger charge is -2.07. The van der Waals surface area contributed by atoms with Gasteiger partial charge in [-0.1, -0.05) is 17.7 Å². The van der Waals surface area contributed by atoms with Gasteiger partial charge >= 0.3 is 0 Å². The molecule has 2 N–H and O–H groups in total. The first-order valence-corrected chi connectivity index (χ1v) is 11.1. The molecule has 0 saturated carbocycles. The number of nitrogens with zero attached hydrogens (tertiary/aromatic N) is 3. The number of nitro benzene ring substituents is 1. The van der Waals surface area contributed by atoms with E-state index in [1.54, 1.807) is 11.3 Å². The van der Waals surface area contributed by atoms with E-state index in [-0.39, 0.29) is 22.0 Å². The number of rotatable bonds is 6. The van der Waals surface area contributed by atoms with E-state index in [1.165, 1.54) is 23.9 Å². The smallest absolute Gasteiger partial charge is 0.271 e. The highest BCUT2D eigenvalue weighted by Gasteiger charge is 2.15. The van der Waals surface area contributed by atoms with E-state index in [0.29, 0.717) is 5.69 Å². The third-order valence-electron chi connectivity index (χ3n) is 4.83. The Morgan fingerprint density at radius 2 is 1.94 bits per heavy atom. The highest BCUT2D eigenvalue weighted by atomic mass is 35.5. The highest BCUT2D eigenvalue weighted by molar-refractivity contribution is 7.21. The van der Waals surface area contributed by atoms with E-state index in [4.69, 9.17) is 11.6 Å². The van der Waals surface area contributed by atoms with Crippen molar-refractivity contribution < 1.29 is 9.72 Å². The molecule has 4 aromatic rings. The van der Waals surface area contributed by atoms with Crippen molar-refractivity contribution in [3.05, 3.63) is 93.1 Å². The molecule has 0 aliphatic heterocycles. The Morgan fingerprint density at radius 3 is 2.65 bits per heavy atom. The number of halogens is 1. The zero-order valence-electron chi connectivity index (χ0n) is 17.7. The number of carbonyl (C=O) groups excluding carboxylic acids is 1. The minimum absolute atomic E-state index is 0.0393.